The molecule has 0 amide bonds. The minimum Gasteiger partial charge on any atom is -0.361 e. The Kier molecular flexibility index (Phi) is 3.64. The first-order chi connectivity index (χ1) is 11.0. The monoisotopic (exact) mass is 321 g/mol. The van der Waals surface area contributed by atoms with Gasteiger partial charge in [-0.1, -0.05) is 50.2 Å². The van der Waals surface area contributed by atoms with Crippen LogP contribution in [0.5, 0.6) is 0 Å². The Bertz CT molecular complexity index is 755. The highest BCUT2D eigenvalue weighted by Gasteiger charge is 2.40. The van der Waals surface area contributed by atoms with E-state index in [1.165, 1.54) is 27.9 Å². The topological polar surface area (TPSA) is 3.24 Å². The van der Waals surface area contributed by atoms with E-state index in [4.69, 9.17) is 0 Å². The summed E-state index contributed by atoms with van der Waals surface area (Å²) in [5.74, 6) is 0. The summed E-state index contributed by atoms with van der Waals surface area (Å²) in [6, 6.07) is 15.7. The van der Waals surface area contributed by atoms with Crippen molar-refractivity contribution in [3.63, 3.8) is 0 Å². The molecule has 2 aromatic carbocycles. The van der Waals surface area contributed by atoms with Gasteiger partial charge in [-0.2, -0.15) is 0 Å². The van der Waals surface area contributed by atoms with Crippen molar-refractivity contribution in [3.05, 3.63) is 53.6 Å². The third-order valence-electron chi connectivity index (χ3n) is 5.17. The predicted octanol–water partition coefficient (Wildman–Crippen LogP) is 6.40. The third-order valence-corrected chi connectivity index (χ3v) is 5.17. The summed E-state index contributed by atoms with van der Waals surface area (Å²) in [4.78, 5) is 2.58. The Hall–Kier alpha value is -1.76. The van der Waals surface area contributed by atoms with Crippen molar-refractivity contribution in [2.75, 3.05) is 4.90 Å². The lowest BCUT2D eigenvalue weighted by molar-refractivity contribution is 0.381. The predicted molar refractivity (Wildman–Crippen MR) is 106 cm³/mol. The van der Waals surface area contributed by atoms with E-state index in [-0.39, 0.29) is 16.5 Å². The van der Waals surface area contributed by atoms with Crippen LogP contribution in [0.25, 0.3) is 11.1 Å². The van der Waals surface area contributed by atoms with Gasteiger partial charge >= 0.3 is 0 Å². The molecule has 0 heterocycles. The maximum Gasteiger partial charge on any atom is 0.0457 e. The molecule has 0 saturated carbocycles. The highest BCUT2D eigenvalue weighted by atomic mass is 15.2. The average molecular weight is 322 g/mol. The van der Waals surface area contributed by atoms with Gasteiger partial charge in [0.25, 0.3) is 0 Å². The highest BCUT2D eigenvalue weighted by Crippen LogP contribution is 2.53. The molecule has 3 rings (SSSR count). The molecule has 0 aromatic heterocycles. The second kappa shape index (κ2) is 5.12. The molecule has 0 aliphatic heterocycles. The zero-order valence-corrected chi connectivity index (χ0v) is 16.5. The SMILES string of the molecule is CC1(C)c2ccccc2-c2c(N(C(C)(C)C)C(C)(C)C)cccc21. The Morgan fingerprint density at radius 2 is 1.25 bits per heavy atom. The summed E-state index contributed by atoms with van der Waals surface area (Å²) < 4.78 is 0. The molecule has 0 N–H and O–H groups in total. The van der Waals surface area contributed by atoms with Crippen LogP contribution in [-0.4, -0.2) is 11.1 Å². The number of hydrogen-bond acceptors (Lipinski definition) is 1. The van der Waals surface area contributed by atoms with Gasteiger partial charge in [0.2, 0.25) is 0 Å². The van der Waals surface area contributed by atoms with E-state index in [1.807, 2.05) is 0 Å². The zero-order valence-electron chi connectivity index (χ0n) is 16.5. The Balaban J connectivity index is 2.35. The third kappa shape index (κ3) is 2.46. The molecule has 0 unspecified atom stereocenters. The summed E-state index contributed by atoms with van der Waals surface area (Å²) in [5, 5.41) is 0. The van der Waals surface area contributed by atoms with Crippen molar-refractivity contribution in [2.24, 2.45) is 0 Å². The minimum atomic E-state index is 0.0506. The van der Waals surface area contributed by atoms with E-state index >= 15 is 0 Å². The van der Waals surface area contributed by atoms with E-state index in [0.717, 1.165) is 0 Å². The summed E-state index contributed by atoms with van der Waals surface area (Å²) in [7, 11) is 0. The first-order valence-corrected chi connectivity index (χ1v) is 8.99. The molecule has 2 aromatic rings. The molecule has 1 aliphatic carbocycles. The van der Waals surface area contributed by atoms with E-state index in [2.05, 4.69) is 103 Å². The maximum atomic E-state index is 2.58. The van der Waals surface area contributed by atoms with Crippen LogP contribution >= 0.6 is 0 Å². The van der Waals surface area contributed by atoms with Crippen molar-refractivity contribution < 1.29 is 0 Å². The average Bonchev–Trinajstić information content (AvgIpc) is 2.66. The van der Waals surface area contributed by atoms with E-state index in [9.17, 15) is 0 Å². The molecule has 1 heteroatoms. The highest BCUT2D eigenvalue weighted by molar-refractivity contribution is 5.90. The molecule has 24 heavy (non-hydrogen) atoms. The van der Waals surface area contributed by atoms with Crippen LogP contribution in [0.3, 0.4) is 0 Å². The molecule has 0 fully saturated rings. The standard InChI is InChI=1S/C23H31N/c1-21(2,3)24(22(4,5)6)19-15-11-14-18-20(19)16-12-9-10-13-17(16)23(18,7)8/h9-15H,1-8H3. The first-order valence-electron chi connectivity index (χ1n) is 8.99. The van der Waals surface area contributed by atoms with E-state index in [0.29, 0.717) is 0 Å². The van der Waals surface area contributed by atoms with Crippen molar-refractivity contribution in [2.45, 2.75) is 71.9 Å². The maximum absolute atomic E-state index is 2.58. The fourth-order valence-electron chi connectivity index (χ4n) is 4.65. The lowest BCUT2D eigenvalue weighted by atomic mass is 9.82. The summed E-state index contributed by atoms with van der Waals surface area (Å²) >= 11 is 0. The first kappa shape index (κ1) is 17.1. The molecule has 0 atom stereocenters. The van der Waals surface area contributed by atoms with Gasteiger partial charge < -0.3 is 4.90 Å². The van der Waals surface area contributed by atoms with Crippen LogP contribution in [0, 0.1) is 0 Å². The zero-order chi connectivity index (χ0) is 17.9. The number of anilines is 1. The number of nitrogens with zero attached hydrogens (tertiary/aromatic N) is 1. The molecular formula is C23H31N. The van der Waals surface area contributed by atoms with Crippen LogP contribution in [0.1, 0.15) is 66.5 Å². The quantitative estimate of drug-likeness (QED) is 0.587. The molecule has 128 valence electrons. The molecule has 1 nitrogen and oxygen atoms in total. The lowest BCUT2D eigenvalue weighted by Crippen LogP contribution is -2.53. The van der Waals surface area contributed by atoms with Gasteiger partial charge in [-0.25, -0.2) is 0 Å². The molecule has 0 saturated heterocycles. The fourth-order valence-corrected chi connectivity index (χ4v) is 4.65. The summed E-state index contributed by atoms with van der Waals surface area (Å²) in [6.45, 7) is 18.5. The van der Waals surface area contributed by atoms with Gasteiger partial charge in [-0.05, 0) is 64.3 Å². The van der Waals surface area contributed by atoms with Crippen molar-refractivity contribution in [3.8, 4) is 11.1 Å². The van der Waals surface area contributed by atoms with E-state index < -0.39 is 0 Å². The van der Waals surface area contributed by atoms with Crippen molar-refractivity contribution in [1.29, 1.82) is 0 Å². The molecular weight excluding hydrogens is 290 g/mol. The normalized spacial score (nSPS) is 15.8. The fraction of sp³-hybridized carbons (Fsp3) is 0.478. The second-order valence-corrected chi connectivity index (χ2v) is 9.55. The van der Waals surface area contributed by atoms with Crippen LogP contribution in [0.15, 0.2) is 42.5 Å². The van der Waals surface area contributed by atoms with Gasteiger partial charge in [0.1, 0.15) is 0 Å². The number of fused-ring (bicyclic) bond motifs is 3. The van der Waals surface area contributed by atoms with Gasteiger partial charge in [-0.3, -0.25) is 0 Å². The Morgan fingerprint density at radius 1 is 0.708 bits per heavy atom. The van der Waals surface area contributed by atoms with Crippen molar-refractivity contribution in [1.82, 2.24) is 0 Å². The molecule has 0 bridgehead atoms. The van der Waals surface area contributed by atoms with Crippen LogP contribution in [0.4, 0.5) is 5.69 Å². The minimum absolute atomic E-state index is 0.0506. The lowest BCUT2D eigenvalue weighted by Gasteiger charge is -2.48. The van der Waals surface area contributed by atoms with Gasteiger partial charge in [0.05, 0.1) is 0 Å². The Morgan fingerprint density at radius 3 is 1.83 bits per heavy atom. The smallest absolute Gasteiger partial charge is 0.0457 e. The summed E-state index contributed by atoms with van der Waals surface area (Å²) in [5.41, 5.74) is 7.21. The van der Waals surface area contributed by atoms with Gasteiger partial charge in [0.15, 0.2) is 0 Å². The van der Waals surface area contributed by atoms with Gasteiger partial charge in [0, 0.05) is 27.7 Å². The van der Waals surface area contributed by atoms with Crippen molar-refractivity contribution >= 4 is 5.69 Å². The number of rotatable bonds is 1. The number of benzene rings is 2. The molecule has 0 radical (unpaired) electrons. The van der Waals surface area contributed by atoms with Crippen LogP contribution < -0.4 is 4.90 Å². The van der Waals surface area contributed by atoms with Crippen LogP contribution in [-0.2, 0) is 5.41 Å². The number of hydrogen-bond donors (Lipinski definition) is 0. The van der Waals surface area contributed by atoms with E-state index in [1.54, 1.807) is 0 Å². The summed E-state index contributed by atoms with van der Waals surface area (Å²) in [6.07, 6.45) is 0. The molecule has 1 aliphatic rings. The van der Waals surface area contributed by atoms with Crippen LogP contribution in [0.2, 0.25) is 0 Å². The second-order valence-electron chi connectivity index (χ2n) is 9.55. The largest absolute Gasteiger partial charge is 0.361 e. The molecule has 0 spiro atoms. The Labute approximate surface area is 147 Å². The van der Waals surface area contributed by atoms with Gasteiger partial charge in [-0.15, -0.1) is 0 Å².